The second kappa shape index (κ2) is 10.5. The summed E-state index contributed by atoms with van der Waals surface area (Å²) in [4.78, 5) is 18.4. The minimum atomic E-state index is -0.114. The fraction of sp³-hybridized carbons (Fsp3) is 0.480. The molecule has 3 N–H and O–H groups in total. The Hall–Kier alpha value is -3.75. The summed E-state index contributed by atoms with van der Waals surface area (Å²) in [7, 11) is 3.64. The van der Waals surface area contributed by atoms with Crippen molar-refractivity contribution >= 4 is 17.6 Å². The molecule has 36 heavy (non-hydrogen) atoms. The average molecular weight is 490 g/mol. The third-order valence-corrected chi connectivity index (χ3v) is 7.21. The van der Waals surface area contributed by atoms with Crippen molar-refractivity contribution in [3.05, 3.63) is 47.4 Å². The number of hydrogen-bond donors (Lipinski definition) is 3. The Morgan fingerprint density at radius 2 is 2.00 bits per heavy atom. The van der Waals surface area contributed by atoms with Crippen LogP contribution < -0.4 is 15.0 Å². The Labute approximate surface area is 210 Å². The first-order valence-corrected chi connectivity index (χ1v) is 12.2. The van der Waals surface area contributed by atoms with E-state index >= 15 is 0 Å². The molecule has 0 radical (unpaired) electrons. The van der Waals surface area contributed by atoms with Gasteiger partial charge in [-0.05, 0) is 37.3 Å². The molecule has 188 valence electrons. The second-order valence-corrected chi connectivity index (χ2v) is 9.50. The number of aromatic nitrogens is 5. The smallest absolute Gasteiger partial charge is 0.230 e. The fourth-order valence-electron chi connectivity index (χ4n) is 5.41. The number of fused-ring (bicyclic) bond motifs is 2. The van der Waals surface area contributed by atoms with E-state index < -0.39 is 0 Å². The zero-order chi connectivity index (χ0) is 25.1. The fourth-order valence-corrected chi connectivity index (χ4v) is 5.41. The van der Waals surface area contributed by atoms with Crippen LogP contribution in [0.2, 0.25) is 0 Å². The van der Waals surface area contributed by atoms with Crippen LogP contribution in [0.5, 0.6) is 5.88 Å². The van der Waals surface area contributed by atoms with Gasteiger partial charge in [0.1, 0.15) is 11.9 Å². The monoisotopic (exact) mass is 489 g/mol. The molecule has 3 atom stereocenters. The number of hydrogen-bond acceptors (Lipinski definition) is 10. The number of aliphatic hydroxyl groups is 1. The lowest BCUT2D eigenvalue weighted by Gasteiger charge is -2.50. The van der Waals surface area contributed by atoms with E-state index in [9.17, 15) is 10.4 Å². The molecule has 2 aliphatic rings. The molecule has 0 spiro atoms. The van der Waals surface area contributed by atoms with Gasteiger partial charge in [0.25, 0.3) is 0 Å². The van der Waals surface area contributed by atoms with Crippen LogP contribution in [-0.2, 0) is 13.2 Å². The lowest BCUT2D eigenvalue weighted by Crippen LogP contribution is -2.56. The Morgan fingerprint density at radius 1 is 1.19 bits per heavy atom. The van der Waals surface area contributed by atoms with Crippen molar-refractivity contribution in [2.75, 3.05) is 24.4 Å². The first-order valence-electron chi connectivity index (χ1n) is 12.2. The summed E-state index contributed by atoms with van der Waals surface area (Å²) in [6.07, 6.45) is 9.06. The molecule has 11 nitrogen and oxygen atoms in total. The van der Waals surface area contributed by atoms with E-state index in [0.29, 0.717) is 52.8 Å². The molecular weight excluding hydrogens is 458 g/mol. The van der Waals surface area contributed by atoms with Gasteiger partial charge < -0.3 is 20.1 Å². The minimum absolute atomic E-state index is 0.114. The lowest BCUT2D eigenvalue weighted by molar-refractivity contribution is 0.0234. The third kappa shape index (κ3) is 5.10. The molecule has 0 unspecified atom stereocenters. The Morgan fingerprint density at radius 3 is 2.69 bits per heavy atom. The predicted molar refractivity (Wildman–Crippen MR) is 134 cm³/mol. The highest BCUT2D eigenvalue weighted by Crippen LogP contribution is 2.37. The molecule has 0 amide bonds. The van der Waals surface area contributed by atoms with E-state index in [1.54, 1.807) is 25.4 Å². The number of aromatic amines is 1. The van der Waals surface area contributed by atoms with E-state index in [-0.39, 0.29) is 6.61 Å². The van der Waals surface area contributed by atoms with Gasteiger partial charge in [-0.1, -0.05) is 6.42 Å². The highest BCUT2D eigenvalue weighted by molar-refractivity contribution is 5.55. The normalized spacial score (nSPS) is 21.6. The largest absolute Gasteiger partial charge is 0.481 e. The summed E-state index contributed by atoms with van der Waals surface area (Å²) in [6.45, 7) is 0.703. The average Bonchev–Trinajstić information content (AvgIpc) is 3.35. The predicted octanol–water partition coefficient (Wildman–Crippen LogP) is 2.73. The van der Waals surface area contributed by atoms with Crippen molar-refractivity contribution in [3.8, 4) is 11.9 Å². The quantitative estimate of drug-likeness (QED) is 0.433. The van der Waals surface area contributed by atoms with Crippen LogP contribution in [-0.4, -0.2) is 67.4 Å². The number of aliphatic hydroxyl groups excluding tert-OH is 1. The summed E-state index contributed by atoms with van der Waals surface area (Å²) in [6, 6.07) is 8.82. The summed E-state index contributed by atoms with van der Waals surface area (Å²) in [5.41, 5.74) is 2.31. The van der Waals surface area contributed by atoms with Crippen LogP contribution in [0.3, 0.4) is 0 Å². The molecule has 2 bridgehead atoms. The number of pyridine rings is 1. The van der Waals surface area contributed by atoms with Crippen LogP contribution in [0.1, 0.15) is 48.9 Å². The summed E-state index contributed by atoms with van der Waals surface area (Å²) in [5, 5.41) is 28.6. The standard InChI is InChI=1S/C25H31N9O2/c1-33(25-29-22(10-24(30-25)36-2)28-23-7-18(15-35)31-32-23)21-8-19-4-3-5-20(9-21)34(19)14-17-6-16(11-26)12-27-13-17/h6-7,10,12-13,19-21,35H,3-5,8-9,14-15H2,1-2H3,(H2,28,29,30,31,32)/t19-,20+,21-. The highest BCUT2D eigenvalue weighted by atomic mass is 16.5. The number of methoxy groups -OCH3 is 1. The van der Waals surface area contributed by atoms with Crippen LogP contribution in [0.4, 0.5) is 17.6 Å². The van der Waals surface area contributed by atoms with Crippen molar-refractivity contribution in [2.45, 2.75) is 63.4 Å². The van der Waals surface area contributed by atoms with Crippen molar-refractivity contribution in [2.24, 2.45) is 0 Å². The highest BCUT2D eigenvalue weighted by Gasteiger charge is 2.40. The van der Waals surface area contributed by atoms with Gasteiger partial charge in [-0.25, -0.2) is 0 Å². The molecular formula is C25H31N9O2. The van der Waals surface area contributed by atoms with Crippen LogP contribution in [0.15, 0.2) is 30.6 Å². The van der Waals surface area contributed by atoms with Crippen molar-refractivity contribution in [1.82, 2.24) is 30.0 Å². The maximum atomic E-state index is 9.28. The summed E-state index contributed by atoms with van der Waals surface area (Å²) in [5.74, 6) is 2.19. The van der Waals surface area contributed by atoms with E-state index in [2.05, 4.69) is 41.4 Å². The number of nitrogens with zero attached hydrogens (tertiary/aromatic N) is 7. The van der Waals surface area contributed by atoms with Gasteiger partial charge in [0.2, 0.25) is 11.8 Å². The van der Waals surface area contributed by atoms with Crippen LogP contribution in [0, 0.1) is 11.3 Å². The number of piperidine rings is 2. The maximum absolute atomic E-state index is 9.28. The molecule has 2 fully saturated rings. The molecule has 2 aliphatic heterocycles. The van der Waals surface area contributed by atoms with Crippen molar-refractivity contribution in [1.29, 1.82) is 5.26 Å². The van der Waals surface area contributed by atoms with Gasteiger partial charge in [0, 0.05) is 56.2 Å². The van der Waals surface area contributed by atoms with Crippen LogP contribution in [0.25, 0.3) is 0 Å². The lowest BCUT2D eigenvalue weighted by atomic mass is 9.81. The Balaban J connectivity index is 1.32. The number of ether oxygens (including phenoxy) is 1. The molecule has 3 aromatic heterocycles. The van der Waals surface area contributed by atoms with E-state index in [4.69, 9.17) is 9.72 Å². The SMILES string of the molecule is COc1cc(Nc2cc(CO)[nH]n2)nc(N(C)[C@@H]2C[C@H]3CCC[C@@H](C2)N3Cc2cncc(C#N)c2)n1. The number of H-pyrrole nitrogens is 1. The van der Waals surface area contributed by atoms with Gasteiger partial charge >= 0.3 is 0 Å². The number of nitrogens with one attached hydrogen (secondary N) is 2. The molecule has 0 saturated carbocycles. The Kier molecular flexibility index (Phi) is 6.97. The third-order valence-electron chi connectivity index (χ3n) is 7.21. The molecule has 5 rings (SSSR count). The molecule has 2 saturated heterocycles. The van der Waals surface area contributed by atoms with Gasteiger partial charge in [-0.3, -0.25) is 15.0 Å². The van der Waals surface area contributed by atoms with Crippen molar-refractivity contribution < 1.29 is 9.84 Å². The molecule has 3 aromatic rings. The topological polar surface area (TPSA) is 139 Å². The van der Waals surface area contributed by atoms with E-state index in [1.807, 2.05) is 19.3 Å². The van der Waals surface area contributed by atoms with E-state index in [0.717, 1.165) is 37.8 Å². The first-order chi connectivity index (χ1) is 17.6. The summed E-state index contributed by atoms with van der Waals surface area (Å²) < 4.78 is 5.45. The Bertz CT molecular complexity index is 1230. The zero-order valence-corrected chi connectivity index (χ0v) is 20.6. The van der Waals surface area contributed by atoms with Gasteiger partial charge in [0.05, 0.1) is 25.0 Å². The zero-order valence-electron chi connectivity index (χ0n) is 20.6. The van der Waals surface area contributed by atoms with Crippen LogP contribution >= 0.6 is 0 Å². The van der Waals surface area contributed by atoms with E-state index in [1.165, 1.54) is 6.42 Å². The minimum Gasteiger partial charge on any atom is -0.481 e. The summed E-state index contributed by atoms with van der Waals surface area (Å²) >= 11 is 0. The number of rotatable bonds is 8. The second-order valence-electron chi connectivity index (χ2n) is 9.50. The molecule has 5 heterocycles. The number of anilines is 3. The number of nitriles is 1. The molecule has 0 aliphatic carbocycles. The first kappa shape index (κ1) is 24.0. The molecule has 11 heteroatoms. The van der Waals surface area contributed by atoms with Gasteiger partial charge in [0.15, 0.2) is 5.82 Å². The van der Waals surface area contributed by atoms with Crippen molar-refractivity contribution in [3.63, 3.8) is 0 Å². The molecule has 0 aromatic carbocycles. The maximum Gasteiger partial charge on any atom is 0.230 e. The van der Waals surface area contributed by atoms with Gasteiger partial charge in [-0.2, -0.15) is 20.3 Å². The van der Waals surface area contributed by atoms with Gasteiger partial charge in [-0.15, -0.1) is 0 Å².